The van der Waals surface area contributed by atoms with Gasteiger partial charge in [-0.3, -0.25) is 4.79 Å². The van der Waals surface area contributed by atoms with Gasteiger partial charge in [-0.1, -0.05) is 0 Å². The monoisotopic (exact) mass is 384 g/mol. The summed E-state index contributed by atoms with van der Waals surface area (Å²) in [5.41, 5.74) is 0. The Morgan fingerprint density at radius 2 is 1.85 bits per heavy atom. The summed E-state index contributed by atoms with van der Waals surface area (Å²) in [6, 6.07) is 6.41. The second-order valence-corrected chi connectivity index (χ2v) is 8.16. The van der Waals surface area contributed by atoms with Gasteiger partial charge in [0.15, 0.2) is 0 Å². The average Bonchev–Trinajstić information content (AvgIpc) is 2.66. The lowest BCUT2D eigenvalue weighted by Gasteiger charge is -2.33. The molecule has 1 amide bonds. The van der Waals surface area contributed by atoms with Gasteiger partial charge in [0.25, 0.3) is 0 Å². The highest BCUT2D eigenvalue weighted by molar-refractivity contribution is 7.89. The molecule has 1 N–H and O–H groups in total. The molecule has 0 saturated carbocycles. The summed E-state index contributed by atoms with van der Waals surface area (Å²) in [5.74, 6) is 0.451. The minimum Gasteiger partial charge on any atom is -0.494 e. The van der Waals surface area contributed by atoms with Crippen LogP contribution < -0.4 is 4.74 Å². The maximum Gasteiger partial charge on any atom is 0.243 e. The standard InChI is InChI=1S/C18H28N2O5S/c1-3-19(13-14-21)18(22)15-9-11-20(12-10-15)26(23,24)17-7-5-16(6-8-17)25-4-2/h5-8,15,21H,3-4,9-14H2,1-2H3. The number of carbonyl (C=O) groups excluding carboxylic acids is 1. The fourth-order valence-corrected chi connectivity index (χ4v) is 4.64. The Hall–Kier alpha value is -1.64. The van der Waals surface area contributed by atoms with Gasteiger partial charge in [-0.05, 0) is 51.0 Å². The van der Waals surface area contributed by atoms with E-state index in [-0.39, 0.29) is 23.3 Å². The smallest absolute Gasteiger partial charge is 0.243 e. The molecule has 1 fully saturated rings. The molecule has 0 aromatic heterocycles. The van der Waals surface area contributed by atoms with E-state index in [1.54, 1.807) is 29.2 Å². The first-order valence-electron chi connectivity index (χ1n) is 9.06. The Morgan fingerprint density at radius 3 is 2.35 bits per heavy atom. The zero-order chi connectivity index (χ0) is 19.2. The number of ether oxygens (including phenoxy) is 1. The lowest BCUT2D eigenvalue weighted by atomic mass is 9.96. The van der Waals surface area contributed by atoms with Crippen LogP contribution in [0, 0.1) is 5.92 Å². The molecule has 146 valence electrons. The van der Waals surface area contributed by atoms with Crippen LogP contribution in [0.3, 0.4) is 0 Å². The van der Waals surface area contributed by atoms with Crippen molar-refractivity contribution in [2.24, 2.45) is 5.92 Å². The van der Waals surface area contributed by atoms with Gasteiger partial charge in [0, 0.05) is 32.1 Å². The van der Waals surface area contributed by atoms with Gasteiger partial charge in [0.1, 0.15) is 5.75 Å². The van der Waals surface area contributed by atoms with Gasteiger partial charge < -0.3 is 14.7 Å². The summed E-state index contributed by atoms with van der Waals surface area (Å²) in [6.45, 7) is 5.72. The van der Waals surface area contributed by atoms with Crippen molar-refractivity contribution in [3.05, 3.63) is 24.3 Å². The third-order valence-corrected chi connectivity index (χ3v) is 6.55. The molecule has 1 aliphatic rings. The number of aliphatic hydroxyl groups is 1. The molecule has 7 nitrogen and oxygen atoms in total. The lowest BCUT2D eigenvalue weighted by molar-refractivity contribution is -0.137. The lowest BCUT2D eigenvalue weighted by Crippen LogP contribution is -2.45. The van der Waals surface area contributed by atoms with Crippen LogP contribution in [0.2, 0.25) is 0 Å². The molecular weight excluding hydrogens is 356 g/mol. The number of nitrogens with zero attached hydrogens (tertiary/aromatic N) is 2. The fraction of sp³-hybridized carbons (Fsp3) is 0.611. The summed E-state index contributed by atoms with van der Waals surface area (Å²) in [5, 5.41) is 9.05. The molecule has 0 bridgehead atoms. The molecule has 1 aliphatic heterocycles. The van der Waals surface area contributed by atoms with E-state index in [1.807, 2.05) is 13.8 Å². The average molecular weight is 384 g/mol. The highest BCUT2D eigenvalue weighted by Gasteiger charge is 2.33. The van der Waals surface area contributed by atoms with Crippen molar-refractivity contribution in [3.8, 4) is 5.75 Å². The number of amides is 1. The number of benzene rings is 1. The van der Waals surface area contributed by atoms with Gasteiger partial charge in [0.2, 0.25) is 15.9 Å². The quantitative estimate of drug-likeness (QED) is 0.731. The van der Waals surface area contributed by atoms with Gasteiger partial charge in [0.05, 0.1) is 18.1 Å². The number of rotatable bonds is 8. The van der Waals surface area contributed by atoms with Crippen LogP contribution in [0.5, 0.6) is 5.75 Å². The number of hydrogen-bond donors (Lipinski definition) is 1. The highest BCUT2D eigenvalue weighted by atomic mass is 32.2. The molecule has 1 aromatic carbocycles. The Kier molecular flexibility index (Phi) is 7.43. The van der Waals surface area contributed by atoms with E-state index in [9.17, 15) is 13.2 Å². The fourth-order valence-electron chi connectivity index (χ4n) is 3.17. The number of likely N-dealkylation sites (N-methyl/N-ethyl adjacent to an activating group) is 1. The first-order chi connectivity index (χ1) is 12.4. The van der Waals surface area contributed by atoms with Crippen LogP contribution in [0.25, 0.3) is 0 Å². The number of sulfonamides is 1. The van der Waals surface area contributed by atoms with Crippen LogP contribution in [0.1, 0.15) is 26.7 Å². The van der Waals surface area contributed by atoms with Crippen molar-refractivity contribution in [1.29, 1.82) is 0 Å². The Balaban J connectivity index is 2.00. The van der Waals surface area contributed by atoms with Crippen molar-refractivity contribution in [1.82, 2.24) is 9.21 Å². The molecule has 0 unspecified atom stereocenters. The summed E-state index contributed by atoms with van der Waals surface area (Å²) in [6.07, 6.45) is 0.994. The van der Waals surface area contributed by atoms with Crippen LogP contribution in [-0.2, 0) is 14.8 Å². The Labute approximate surface area is 155 Å². The zero-order valence-corrected chi connectivity index (χ0v) is 16.2. The predicted octanol–water partition coefficient (Wildman–Crippen LogP) is 1.33. The van der Waals surface area contributed by atoms with Crippen molar-refractivity contribution in [2.45, 2.75) is 31.6 Å². The summed E-state index contributed by atoms with van der Waals surface area (Å²) >= 11 is 0. The van der Waals surface area contributed by atoms with Crippen molar-refractivity contribution < 1.29 is 23.1 Å². The third-order valence-electron chi connectivity index (χ3n) is 4.64. The van der Waals surface area contributed by atoms with E-state index in [1.165, 1.54) is 4.31 Å². The molecule has 0 atom stereocenters. The third kappa shape index (κ3) is 4.75. The van der Waals surface area contributed by atoms with Crippen molar-refractivity contribution in [2.75, 3.05) is 39.4 Å². The molecular formula is C18H28N2O5S. The molecule has 1 saturated heterocycles. The van der Waals surface area contributed by atoms with E-state index < -0.39 is 10.0 Å². The molecule has 0 aliphatic carbocycles. The van der Waals surface area contributed by atoms with Gasteiger partial charge in [-0.15, -0.1) is 0 Å². The summed E-state index contributed by atoms with van der Waals surface area (Å²) in [4.78, 5) is 14.3. The molecule has 26 heavy (non-hydrogen) atoms. The number of aliphatic hydroxyl groups excluding tert-OH is 1. The van der Waals surface area contributed by atoms with E-state index in [2.05, 4.69) is 0 Å². The molecule has 2 rings (SSSR count). The van der Waals surface area contributed by atoms with Gasteiger partial charge >= 0.3 is 0 Å². The summed E-state index contributed by atoms with van der Waals surface area (Å²) in [7, 11) is -3.57. The van der Waals surface area contributed by atoms with Gasteiger partial charge in [-0.2, -0.15) is 4.31 Å². The van der Waals surface area contributed by atoms with Crippen LogP contribution in [-0.4, -0.2) is 68.0 Å². The number of carbonyl (C=O) groups is 1. The van der Waals surface area contributed by atoms with Crippen LogP contribution >= 0.6 is 0 Å². The van der Waals surface area contributed by atoms with E-state index in [4.69, 9.17) is 9.84 Å². The van der Waals surface area contributed by atoms with E-state index >= 15 is 0 Å². The Morgan fingerprint density at radius 1 is 1.23 bits per heavy atom. The second-order valence-electron chi connectivity index (χ2n) is 6.22. The molecule has 1 heterocycles. The first kappa shape index (κ1) is 20.7. The van der Waals surface area contributed by atoms with Crippen LogP contribution in [0.15, 0.2) is 29.2 Å². The molecule has 0 spiro atoms. The molecule has 1 aromatic rings. The zero-order valence-electron chi connectivity index (χ0n) is 15.4. The van der Waals surface area contributed by atoms with Crippen LogP contribution in [0.4, 0.5) is 0 Å². The summed E-state index contributed by atoms with van der Waals surface area (Å²) < 4.78 is 32.3. The van der Waals surface area contributed by atoms with Crippen molar-refractivity contribution >= 4 is 15.9 Å². The molecule has 8 heteroatoms. The second kappa shape index (κ2) is 9.34. The maximum atomic E-state index is 12.8. The highest BCUT2D eigenvalue weighted by Crippen LogP contribution is 2.26. The van der Waals surface area contributed by atoms with Crippen molar-refractivity contribution in [3.63, 3.8) is 0 Å². The maximum absolute atomic E-state index is 12.8. The minimum atomic E-state index is -3.57. The molecule has 0 radical (unpaired) electrons. The largest absolute Gasteiger partial charge is 0.494 e. The minimum absolute atomic E-state index is 0.000310. The van der Waals surface area contributed by atoms with Gasteiger partial charge in [-0.25, -0.2) is 8.42 Å². The van der Waals surface area contributed by atoms with E-state index in [0.29, 0.717) is 51.4 Å². The topological polar surface area (TPSA) is 87.2 Å². The number of piperidine rings is 1. The Bertz CT molecular complexity index is 682. The van der Waals surface area contributed by atoms with E-state index in [0.717, 1.165) is 0 Å². The normalized spacial score (nSPS) is 16.4. The SMILES string of the molecule is CCOc1ccc(S(=O)(=O)N2CCC(C(=O)N(CC)CCO)CC2)cc1. The number of hydrogen-bond acceptors (Lipinski definition) is 5. The predicted molar refractivity (Wildman–Crippen MR) is 98.4 cm³/mol. The first-order valence-corrected chi connectivity index (χ1v) is 10.5.